The highest BCUT2D eigenvalue weighted by Gasteiger charge is 2.43. The molecule has 1 aliphatic heterocycles. The van der Waals surface area contributed by atoms with Gasteiger partial charge < -0.3 is 19.5 Å². The van der Waals surface area contributed by atoms with Crippen LogP contribution in [0.5, 0.6) is 11.5 Å². The van der Waals surface area contributed by atoms with Crippen molar-refractivity contribution >= 4 is 40.7 Å². The molecular weight excluding hydrogens is 525 g/mol. The van der Waals surface area contributed by atoms with E-state index in [4.69, 9.17) is 37.4 Å². The van der Waals surface area contributed by atoms with Crippen molar-refractivity contribution in [3.63, 3.8) is 0 Å². The monoisotopic (exact) mass is 549 g/mol. The smallest absolute Gasteiger partial charge is 0.336 e. The average Bonchev–Trinajstić information content (AvgIpc) is 3.19. The van der Waals surface area contributed by atoms with Crippen LogP contribution in [0.1, 0.15) is 46.8 Å². The lowest BCUT2D eigenvalue weighted by Crippen LogP contribution is -2.29. The van der Waals surface area contributed by atoms with E-state index in [1.807, 2.05) is 50.2 Å². The number of dihydropyridines is 1. The van der Waals surface area contributed by atoms with Crippen molar-refractivity contribution in [2.75, 3.05) is 13.7 Å². The normalized spacial score (nSPS) is 16.1. The number of Topliss-reactive ketones (excluding diaryl/α,β-unsaturated/α-hetero) is 1. The van der Waals surface area contributed by atoms with Crippen LogP contribution in [0.3, 0.4) is 0 Å². The molecule has 8 heteroatoms. The predicted molar refractivity (Wildman–Crippen MR) is 147 cm³/mol. The Bertz CT molecular complexity index is 1520. The molecule has 0 unspecified atom stereocenters. The van der Waals surface area contributed by atoms with Crippen LogP contribution >= 0.6 is 23.2 Å². The highest BCUT2D eigenvalue weighted by atomic mass is 35.5. The first-order chi connectivity index (χ1) is 18.3. The van der Waals surface area contributed by atoms with Gasteiger partial charge in [0.1, 0.15) is 6.61 Å². The molecule has 6 nitrogen and oxygen atoms in total. The SMILES string of the molecule is CCOc1cc([C@@H]2C(C(=O)OC)=C(C)NC3=C2C(=O)c2ccccc23)ccc1OCc1ccc(Cl)cc1Cl. The second-order valence-corrected chi connectivity index (χ2v) is 9.76. The fourth-order valence-electron chi connectivity index (χ4n) is 4.93. The van der Waals surface area contributed by atoms with Crippen LogP contribution in [0, 0.1) is 0 Å². The van der Waals surface area contributed by atoms with Crippen LogP contribution in [0.25, 0.3) is 5.70 Å². The number of carbonyl (C=O) groups excluding carboxylic acids is 2. The Morgan fingerprint density at radius 2 is 1.74 bits per heavy atom. The number of nitrogens with one attached hydrogen (secondary N) is 1. The Balaban J connectivity index is 1.57. The van der Waals surface area contributed by atoms with Crippen LogP contribution in [0.2, 0.25) is 10.0 Å². The van der Waals surface area contributed by atoms with E-state index in [1.54, 1.807) is 24.3 Å². The number of hydrogen-bond acceptors (Lipinski definition) is 6. The van der Waals surface area contributed by atoms with Gasteiger partial charge in [0.05, 0.1) is 25.0 Å². The van der Waals surface area contributed by atoms with Gasteiger partial charge in [-0.15, -0.1) is 0 Å². The number of benzene rings is 3. The lowest BCUT2D eigenvalue weighted by Gasteiger charge is -2.29. The van der Waals surface area contributed by atoms with Crippen LogP contribution in [-0.2, 0) is 16.1 Å². The first kappa shape index (κ1) is 25.9. The van der Waals surface area contributed by atoms with Gasteiger partial charge in [-0.2, -0.15) is 0 Å². The molecule has 3 aromatic rings. The van der Waals surface area contributed by atoms with E-state index in [-0.39, 0.29) is 12.4 Å². The van der Waals surface area contributed by atoms with Crippen LogP contribution < -0.4 is 14.8 Å². The lowest BCUT2D eigenvalue weighted by atomic mass is 9.79. The Morgan fingerprint density at radius 3 is 2.45 bits per heavy atom. The minimum atomic E-state index is -0.655. The molecule has 5 rings (SSSR count). The summed E-state index contributed by atoms with van der Waals surface area (Å²) in [7, 11) is 1.33. The van der Waals surface area contributed by atoms with E-state index in [0.717, 1.165) is 11.1 Å². The zero-order valence-electron chi connectivity index (χ0n) is 21.1. The average molecular weight is 550 g/mol. The molecule has 2 aliphatic rings. The van der Waals surface area contributed by atoms with Crippen LogP contribution in [0.15, 0.2) is 77.5 Å². The summed E-state index contributed by atoms with van der Waals surface area (Å²) in [6.45, 7) is 4.28. The summed E-state index contributed by atoms with van der Waals surface area (Å²) in [5, 5.41) is 4.34. The number of ketones is 1. The first-order valence-corrected chi connectivity index (χ1v) is 12.9. The van der Waals surface area contributed by atoms with Crippen molar-refractivity contribution in [3.8, 4) is 11.5 Å². The van der Waals surface area contributed by atoms with Crippen LogP contribution in [0.4, 0.5) is 0 Å². The summed E-state index contributed by atoms with van der Waals surface area (Å²) < 4.78 is 17.1. The van der Waals surface area contributed by atoms with E-state index >= 15 is 0 Å². The van der Waals surface area contributed by atoms with E-state index in [9.17, 15) is 9.59 Å². The third-order valence-corrected chi connectivity index (χ3v) is 7.24. The van der Waals surface area contributed by atoms with E-state index < -0.39 is 11.9 Å². The summed E-state index contributed by atoms with van der Waals surface area (Å²) in [6.07, 6.45) is 0. The van der Waals surface area contributed by atoms with Crippen molar-refractivity contribution in [3.05, 3.63) is 110 Å². The molecule has 0 saturated heterocycles. The molecule has 38 heavy (non-hydrogen) atoms. The van der Waals surface area contributed by atoms with Crippen molar-refractivity contribution < 1.29 is 23.8 Å². The minimum absolute atomic E-state index is 0.127. The van der Waals surface area contributed by atoms with E-state index in [2.05, 4.69) is 5.32 Å². The van der Waals surface area contributed by atoms with Gasteiger partial charge in [-0.05, 0) is 43.7 Å². The molecule has 1 N–H and O–H groups in total. The number of ether oxygens (including phenoxy) is 3. The molecule has 0 aromatic heterocycles. The Kier molecular flexibility index (Phi) is 7.19. The Hall–Kier alpha value is -3.74. The number of allylic oxidation sites excluding steroid dienone is 2. The molecule has 1 aliphatic carbocycles. The summed E-state index contributed by atoms with van der Waals surface area (Å²) in [5.41, 5.74) is 5.09. The number of halogens is 2. The number of carbonyl (C=O) groups is 2. The first-order valence-electron chi connectivity index (χ1n) is 12.1. The second kappa shape index (κ2) is 10.6. The molecule has 0 bridgehead atoms. The summed E-state index contributed by atoms with van der Waals surface area (Å²) in [5.74, 6) is -0.298. The zero-order valence-corrected chi connectivity index (χ0v) is 22.6. The summed E-state index contributed by atoms with van der Waals surface area (Å²) in [4.78, 5) is 26.6. The molecular formula is C30H25Cl2NO5. The third-order valence-electron chi connectivity index (χ3n) is 6.65. The van der Waals surface area contributed by atoms with Crippen LogP contribution in [-0.4, -0.2) is 25.5 Å². The maximum atomic E-state index is 13.6. The topological polar surface area (TPSA) is 73.9 Å². The molecule has 1 atom stereocenters. The zero-order chi connectivity index (χ0) is 27.0. The highest BCUT2D eigenvalue weighted by molar-refractivity contribution is 6.35. The summed E-state index contributed by atoms with van der Waals surface area (Å²) in [6, 6.07) is 18.1. The third kappa shape index (κ3) is 4.55. The van der Waals surface area contributed by atoms with Crippen molar-refractivity contribution in [1.82, 2.24) is 5.32 Å². The number of fused-ring (bicyclic) bond motifs is 2. The standard InChI is InChI=1S/C30H25Cl2NO5/c1-4-37-24-13-17(10-12-23(24)38-15-18-9-11-19(31)14-22(18)32)26-25(30(35)36-3)16(2)33-28-20-7-5-6-8-21(20)29(34)27(26)28/h5-14,26,33H,4,15H2,1-3H3/t26-/m1/s1. The molecule has 1 heterocycles. The van der Waals surface area contributed by atoms with E-state index in [0.29, 0.717) is 61.8 Å². The van der Waals surface area contributed by atoms with Crippen molar-refractivity contribution in [2.45, 2.75) is 26.4 Å². The minimum Gasteiger partial charge on any atom is -0.490 e. The highest BCUT2D eigenvalue weighted by Crippen LogP contribution is 2.48. The molecule has 0 amide bonds. The number of esters is 1. The molecule has 194 valence electrons. The molecule has 0 fully saturated rings. The summed E-state index contributed by atoms with van der Waals surface area (Å²) >= 11 is 12.3. The largest absolute Gasteiger partial charge is 0.490 e. The number of methoxy groups -OCH3 is 1. The van der Waals surface area contributed by atoms with Gasteiger partial charge in [-0.1, -0.05) is 59.6 Å². The Morgan fingerprint density at radius 1 is 0.974 bits per heavy atom. The Labute approximate surface area is 230 Å². The predicted octanol–water partition coefficient (Wildman–Crippen LogP) is 6.71. The fourth-order valence-corrected chi connectivity index (χ4v) is 5.39. The van der Waals surface area contributed by atoms with Gasteiger partial charge in [0.2, 0.25) is 0 Å². The van der Waals surface area contributed by atoms with Gasteiger partial charge in [0, 0.05) is 43.9 Å². The second-order valence-electron chi connectivity index (χ2n) is 8.92. The van der Waals surface area contributed by atoms with Gasteiger partial charge in [0.15, 0.2) is 17.3 Å². The van der Waals surface area contributed by atoms with E-state index in [1.165, 1.54) is 7.11 Å². The van der Waals surface area contributed by atoms with Gasteiger partial charge >= 0.3 is 5.97 Å². The molecule has 3 aromatic carbocycles. The number of hydrogen-bond donors (Lipinski definition) is 1. The van der Waals surface area contributed by atoms with Gasteiger partial charge in [-0.25, -0.2) is 4.79 Å². The molecule has 0 spiro atoms. The van der Waals surface area contributed by atoms with Gasteiger partial charge in [-0.3, -0.25) is 4.79 Å². The van der Waals surface area contributed by atoms with Crippen molar-refractivity contribution in [2.24, 2.45) is 0 Å². The molecule has 0 saturated carbocycles. The maximum absolute atomic E-state index is 13.6. The molecule has 0 radical (unpaired) electrons. The lowest BCUT2D eigenvalue weighted by molar-refractivity contribution is -0.136. The van der Waals surface area contributed by atoms with Gasteiger partial charge in [0.25, 0.3) is 0 Å². The quantitative estimate of drug-likeness (QED) is 0.330. The maximum Gasteiger partial charge on any atom is 0.336 e. The van der Waals surface area contributed by atoms with Crippen molar-refractivity contribution in [1.29, 1.82) is 0 Å². The number of rotatable bonds is 7. The fraction of sp³-hybridized carbons (Fsp3) is 0.200.